The highest BCUT2D eigenvalue weighted by molar-refractivity contribution is 7.89. The van der Waals surface area contributed by atoms with Gasteiger partial charge < -0.3 is 4.57 Å². The van der Waals surface area contributed by atoms with Crippen molar-refractivity contribution in [1.82, 2.24) is 8.87 Å². The summed E-state index contributed by atoms with van der Waals surface area (Å²) in [6.45, 7) is 0.661. The van der Waals surface area contributed by atoms with Crippen molar-refractivity contribution in [2.24, 2.45) is 0 Å². The third-order valence-corrected chi connectivity index (χ3v) is 6.50. The molecule has 0 saturated heterocycles. The van der Waals surface area contributed by atoms with Gasteiger partial charge in [0.05, 0.1) is 6.04 Å². The first kappa shape index (κ1) is 16.9. The van der Waals surface area contributed by atoms with E-state index in [1.807, 2.05) is 22.9 Å². The van der Waals surface area contributed by atoms with Gasteiger partial charge in [0.15, 0.2) is 0 Å². The zero-order valence-electron chi connectivity index (χ0n) is 13.7. The topological polar surface area (TPSA) is 42.3 Å². The van der Waals surface area contributed by atoms with Gasteiger partial charge in [-0.1, -0.05) is 24.3 Å². The van der Waals surface area contributed by atoms with Gasteiger partial charge in [-0.15, -0.1) is 0 Å². The number of fused-ring (bicyclic) bond motifs is 1. The molecular formula is C19H16F2N2O2S. The predicted molar refractivity (Wildman–Crippen MR) is 93.0 cm³/mol. The number of hydrogen-bond acceptors (Lipinski definition) is 2. The minimum absolute atomic E-state index is 0.195. The largest absolute Gasteiger partial charge is 0.348 e. The summed E-state index contributed by atoms with van der Waals surface area (Å²) in [7, 11) is -4.07. The fourth-order valence-corrected chi connectivity index (χ4v) is 5.03. The van der Waals surface area contributed by atoms with Crippen LogP contribution >= 0.6 is 0 Å². The molecule has 1 aromatic heterocycles. The number of rotatable bonds is 3. The highest BCUT2D eigenvalue weighted by atomic mass is 32.2. The molecule has 1 aliphatic heterocycles. The summed E-state index contributed by atoms with van der Waals surface area (Å²) < 4.78 is 57.2. The number of hydrogen-bond donors (Lipinski definition) is 0. The second kappa shape index (κ2) is 6.34. The summed E-state index contributed by atoms with van der Waals surface area (Å²) in [5.74, 6) is -1.19. The van der Waals surface area contributed by atoms with E-state index in [-0.39, 0.29) is 11.4 Å². The van der Waals surface area contributed by atoms with Crippen LogP contribution < -0.4 is 0 Å². The zero-order chi connectivity index (χ0) is 18.3. The number of halogens is 2. The highest BCUT2D eigenvalue weighted by Gasteiger charge is 2.38. The average molecular weight is 374 g/mol. The van der Waals surface area contributed by atoms with Crippen LogP contribution in [-0.4, -0.2) is 23.8 Å². The average Bonchev–Trinajstić information content (AvgIpc) is 3.10. The minimum atomic E-state index is -4.07. The van der Waals surface area contributed by atoms with E-state index in [4.69, 9.17) is 0 Å². The summed E-state index contributed by atoms with van der Waals surface area (Å²) in [6.07, 6.45) is 1.87. The molecule has 0 fully saturated rings. The van der Waals surface area contributed by atoms with Crippen LogP contribution in [-0.2, 0) is 16.6 Å². The molecule has 4 nitrogen and oxygen atoms in total. The standard InChI is InChI=1S/C19H16F2N2O2S/c20-15-9-7-14(8-10-15)19-17-5-3-11-22(17)12-13-23(19)26(24,25)18-6-2-1-4-16(18)21/h1-11,19H,12-13H2. The van der Waals surface area contributed by atoms with E-state index in [9.17, 15) is 17.2 Å². The molecule has 3 aromatic rings. The Balaban J connectivity index is 1.87. The summed E-state index contributed by atoms with van der Waals surface area (Å²) in [4.78, 5) is -0.355. The van der Waals surface area contributed by atoms with Gasteiger partial charge in [0.1, 0.15) is 16.5 Å². The van der Waals surface area contributed by atoms with Gasteiger partial charge in [0, 0.05) is 25.0 Å². The molecule has 0 aliphatic carbocycles. The molecule has 4 rings (SSSR count). The lowest BCUT2D eigenvalue weighted by molar-refractivity contribution is 0.297. The fourth-order valence-electron chi connectivity index (χ4n) is 3.38. The molecule has 0 saturated carbocycles. The summed E-state index contributed by atoms with van der Waals surface area (Å²) in [5, 5.41) is 0. The van der Waals surface area contributed by atoms with Crippen LogP contribution in [0.4, 0.5) is 8.78 Å². The van der Waals surface area contributed by atoms with E-state index in [1.165, 1.54) is 34.6 Å². The smallest absolute Gasteiger partial charge is 0.246 e. The molecule has 1 unspecified atom stereocenters. The van der Waals surface area contributed by atoms with Gasteiger partial charge in [0.25, 0.3) is 0 Å². The van der Waals surface area contributed by atoms with Crippen LogP contribution in [0.5, 0.6) is 0 Å². The Labute approximate surface area is 150 Å². The van der Waals surface area contributed by atoms with Gasteiger partial charge in [0.2, 0.25) is 10.0 Å². The first-order chi connectivity index (χ1) is 12.5. The Morgan fingerprint density at radius 3 is 2.35 bits per heavy atom. The molecule has 2 aromatic carbocycles. The minimum Gasteiger partial charge on any atom is -0.348 e. The Kier molecular flexibility index (Phi) is 4.13. The normalized spacial score (nSPS) is 17.8. The lowest BCUT2D eigenvalue weighted by Crippen LogP contribution is -2.42. The van der Waals surface area contributed by atoms with Gasteiger partial charge in [-0.25, -0.2) is 17.2 Å². The first-order valence-corrected chi connectivity index (χ1v) is 9.59. The van der Waals surface area contributed by atoms with Crippen molar-refractivity contribution in [3.63, 3.8) is 0 Å². The van der Waals surface area contributed by atoms with Crippen LogP contribution in [0.1, 0.15) is 17.3 Å². The molecule has 0 radical (unpaired) electrons. The monoisotopic (exact) mass is 374 g/mol. The lowest BCUT2D eigenvalue weighted by Gasteiger charge is -2.36. The van der Waals surface area contributed by atoms with E-state index in [0.29, 0.717) is 12.1 Å². The second-order valence-corrected chi connectivity index (χ2v) is 7.99. The Morgan fingerprint density at radius 1 is 0.885 bits per heavy atom. The lowest BCUT2D eigenvalue weighted by atomic mass is 10.0. The summed E-state index contributed by atoms with van der Waals surface area (Å²) in [6, 6.07) is 14.1. The third-order valence-electron chi connectivity index (χ3n) is 4.60. The van der Waals surface area contributed by atoms with Crippen LogP contribution in [0, 0.1) is 11.6 Å². The number of nitrogens with zero attached hydrogens (tertiary/aromatic N) is 2. The molecule has 1 aliphatic rings. The van der Waals surface area contributed by atoms with Crippen molar-refractivity contribution >= 4 is 10.0 Å². The van der Waals surface area contributed by atoms with Crippen LogP contribution in [0.3, 0.4) is 0 Å². The molecule has 26 heavy (non-hydrogen) atoms. The first-order valence-electron chi connectivity index (χ1n) is 8.15. The quantitative estimate of drug-likeness (QED) is 0.704. The van der Waals surface area contributed by atoms with Crippen LogP contribution in [0.2, 0.25) is 0 Å². The van der Waals surface area contributed by atoms with Crippen molar-refractivity contribution in [2.45, 2.75) is 17.5 Å². The highest BCUT2D eigenvalue weighted by Crippen LogP contribution is 2.36. The van der Waals surface area contributed by atoms with Crippen molar-refractivity contribution < 1.29 is 17.2 Å². The second-order valence-electron chi connectivity index (χ2n) is 6.13. The molecule has 0 amide bonds. The van der Waals surface area contributed by atoms with Gasteiger partial charge >= 0.3 is 0 Å². The maximum absolute atomic E-state index is 14.2. The van der Waals surface area contributed by atoms with E-state index in [1.54, 1.807) is 12.1 Å². The zero-order valence-corrected chi connectivity index (χ0v) is 14.5. The molecule has 2 heterocycles. The van der Waals surface area contributed by atoms with Gasteiger partial charge in [-0.05, 0) is 42.0 Å². The molecule has 1 atom stereocenters. The summed E-state index contributed by atoms with van der Waals surface area (Å²) >= 11 is 0. The van der Waals surface area contributed by atoms with E-state index in [0.717, 1.165) is 11.8 Å². The van der Waals surface area contributed by atoms with Crippen molar-refractivity contribution in [3.8, 4) is 0 Å². The summed E-state index contributed by atoms with van der Waals surface area (Å²) in [5.41, 5.74) is 1.40. The maximum Gasteiger partial charge on any atom is 0.246 e. The van der Waals surface area contributed by atoms with Crippen LogP contribution in [0.15, 0.2) is 71.8 Å². The number of aromatic nitrogens is 1. The predicted octanol–water partition coefficient (Wildman–Crippen LogP) is 3.56. The van der Waals surface area contributed by atoms with Crippen molar-refractivity contribution in [3.05, 3.63) is 89.8 Å². The number of benzene rings is 2. The van der Waals surface area contributed by atoms with Gasteiger partial charge in [-0.2, -0.15) is 4.31 Å². The molecule has 0 N–H and O–H groups in total. The van der Waals surface area contributed by atoms with Crippen molar-refractivity contribution in [2.75, 3.05) is 6.54 Å². The van der Waals surface area contributed by atoms with Gasteiger partial charge in [-0.3, -0.25) is 0 Å². The Bertz CT molecular complexity index is 1050. The molecule has 7 heteroatoms. The Hall–Kier alpha value is -2.51. The third kappa shape index (κ3) is 2.73. The molecule has 0 spiro atoms. The maximum atomic E-state index is 14.2. The fraction of sp³-hybridized carbons (Fsp3) is 0.158. The molecular weight excluding hydrogens is 358 g/mol. The number of sulfonamides is 1. The van der Waals surface area contributed by atoms with Crippen molar-refractivity contribution in [1.29, 1.82) is 0 Å². The molecule has 134 valence electrons. The van der Waals surface area contributed by atoms with E-state index in [2.05, 4.69) is 0 Å². The van der Waals surface area contributed by atoms with E-state index >= 15 is 0 Å². The SMILES string of the molecule is O=S(=O)(c1ccccc1F)N1CCn2cccc2C1c1ccc(F)cc1. The Morgan fingerprint density at radius 2 is 1.62 bits per heavy atom. The molecule has 0 bridgehead atoms. The van der Waals surface area contributed by atoms with Crippen LogP contribution in [0.25, 0.3) is 0 Å². The van der Waals surface area contributed by atoms with E-state index < -0.39 is 27.7 Å².